The van der Waals surface area contributed by atoms with Crippen LogP contribution in [0.15, 0.2) is 48.5 Å². The van der Waals surface area contributed by atoms with E-state index in [2.05, 4.69) is 71.8 Å². The zero-order chi connectivity index (χ0) is 19.3. The third kappa shape index (κ3) is 4.30. The highest BCUT2D eigenvalue weighted by Gasteiger charge is 2.16. The van der Waals surface area contributed by atoms with Crippen LogP contribution < -0.4 is 0 Å². The molecule has 1 unspecified atom stereocenters. The maximum absolute atomic E-state index is 5.01. The molecule has 1 atom stereocenters. The van der Waals surface area contributed by atoms with Gasteiger partial charge >= 0.3 is 0 Å². The Kier molecular flexibility index (Phi) is 6.11. The lowest BCUT2D eigenvalue weighted by Gasteiger charge is -2.20. The number of likely N-dealkylation sites (tertiary alicyclic amines) is 1. The first-order valence-electron chi connectivity index (χ1n) is 11.0. The summed E-state index contributed by atoms with van der Waals surface area (Å²) < 4.78 is 2.43. The maximum Gasteiger partial charge on any atom is 0.124 e. The van der Waals surface area contributed by atoms with Crippen molar-refractivity contribution in [2.75, 3.05) is 13.1 Å². The number of hydrogen-bond donors (Lipinski definition) is 0. The third-order valence-electron chi connectivity index (χ3n) is 6.30. The first-order chi connectivity index (χ1) is 13.7. The molecule has 1 aliphatic rings. The summed E-state index contributed by atoms with van der Waals surface area (Å²) in [7, 11) is 0. The summed E-state index contributed by atoms with van der Waals surface area (Å²) in [5, 5.41) is 0. The molecular formula is C25H33N3. The van der Waals surface area contributed by atoms with Crippen molar-refractivity contribution in [3.8, 4) is 0 Å². The van der Waals surface area contributed by atoms with Crippen LogP contribution in [0.3, 0.4) is 0 Å². The molecule has 0 radical (unpaired) electrons. The van der Waals surface area contributed by atoms with Crippen LogP contribution in [0.4, 0.5) is 0 Å². The average molecular weight is 376 g/mol. The fourth-order valence-corrected chi connectivity index (χ4v) is 4.29. The number of para-hydroxylation sites is 2. The number of hydrogen-bond acceptors (Lipinski definition) is 2. The smallest absolute Gasteiger partial charge is 0.124 e. The average Bonchev–Trinajstić information content (AvgIpc) is 2.89. The van der Waals surface area contributed by atoms with Gasteiger partial charge in [0.15, 0.2) is 0 Å². The molecule has 1 aromatic heterocycles. The minimum absolute atomic E-state index is 0.627. The highest BCUT2D eigenvalue weighted by molar-refractivity contribution is 5.76. The second-order valence-corrected chi connectivity index (χ2v) is 8.34. The Morgan fingerprint density at radius 1 is 0.893 bits per heavy atom. The molecule has 4 rings (SSSR count). The summed E-state index contributed by atoms with van der Waals surface area (Å²) in [6.07, 6.45) is 6.56. The summed E-state index contributed by atoms with van der Waals surface area (Å²) in [4.78, 5) is 7.61. The molecule has 0 aliphatic carbocycles. The van der Waals surface area contributed by atoms with Crippen LogP contribution >= 0.6 is 0 Å². The van der Waals surface area contributed by atoms with Crippen LogP contribution in [0, 0.1) is 0 Å². The van der Waals surface area contributed by atoms with Gasteiger partial charge < -0.3 is 4.57 Å². The van der Waals surface area contributed by atoms with E-state index in [1.54, 1.807) is 0 Å². The first kappa shape index (κ1) is 19.2. The summed E-state index contributed by atoms with van der Waals surface area (Å²) in [5.74, 6) is 1.83. The largest absolute Gasteiger partial charge is 0.322 e. The SMILES string of the molecule is CCC(C)c1ccc(Cn2c(CN3CCCCCC3)nc3ccccc32)cc1. The van der Waals surface area contributed by atoms with E-state index in [1.807, 2.05) is 0 Å². The first-order valence-corrected chi connectivity index (χ1v) is 11.0. The topological polar surface area (TPSA) is 21.1 Å². The molecule has 0 amide bonds. The van der Waals surface area contributed by atoms with E-state index in [0.29, 0.717) is 5.92 Å². The Labute approximate surface area is 169 Å². The third-order valence-corrected chi connectivity index (χ3v) is 6.30. The van der Waals surface area contributed by atoms with Crippen LogP contribution in [-0.2, 0) is 13.1 Å². The summed E-state index contributed by atoms with van der Waals surface area (Å²) in [6, 6.07) is 17.8. The molecule has 1 saturated heterocycles. The van der Waals surface area contributed by atoms with E-state index in [-0.39, 0.29) is 0 Å². The van der Waals surface area contributed by atoms with E-state index in [9.17, 15) is 0 Å². The standard InChI is InChI=1S/C25H33N3/c1-3-20(2)22-14-12-21(13-15-22)18-28-24-11-7-6-10-23(24)26-25(28)19-27-16-8-4-5-9-17-27/h6-7,10-15,20H,3-5,8-9,16-19H2,1-2H3. The van der Waals surface area contributed by atoms with E-state index in [4.69, 9.17) is 4.98 Å². The van der Waals surface area contributed by atoms with E-state index < -0.39 is 0 Å². The highest BCUT2D eigenvalue weighted by atomic mass is 15.2. The maximum atomic E-state index is 5.01. The summed E-state index contributed by atoms with van der Waals surface area (Å²) in [6.45, 7) is 8.81. The van der Waals surface area contributed by atoms with Crippen molar-refractivity contribution in [1.29, 1.82) is 0 Å². The minimum Gasteiger partial charge on any atom is -0.322 e. The Hall–Kier alpha value is -2.13. The fraction of sp³-hybridized carbons (Fsp3) is 0.480. The second kappa shape index (κ2) is 8.91. The molecule has 2 aromatic carbocycles. The van der Waals surface area contributed by atoms with Gasteiger partial charge in [0.25, 0.3) is 0 Å². The number of imidazole rings is 1. The van der Waals surface area contributed by atoms with Crippen LogP contribution in [0.5, 0.6) is 0 Å². The van der Waals surface area contributed by atoms with Crippen LogP contribution in [0.2, 0.25) is 0 Å². The van der Waals surface area contributed by atoms with Crippen molar-refractivity contribution >= 4 is 11.0 Å². The zero-order valence-corrected chi connectivity index (χ0v) is 17.4. The van der Waals surface area contributed by atoms with Gasteiger partial charge in [0.2, 0.25) is 0 Å². The number of fused-ring (bicyclic) bond motifs is 1. The quantitative estimate of drug-likeness (QED) is 0.529. The van der Waals surface area contributed by atoms with Crippen molar-refractivity contribution in [2.24, 2.45) is 0 Å². The monoisotopic (exact) mass is 375 g/mol. The van der Waals surface area contributed by atoms with Crippen LogP contribution in [0.25, 0.3) is 11.0 Å². The van der Waals surface area contributed by atoms with Crippen molar-refractivity contribution in [2.45, 2.75) is 65.0 Å². The van der Waals surface area contributed by atoms with E-state index >= 15 is 0 Å². The Balaban J connectivity index is 1.61. The van der Waals surface area contributed by atoms with Gasteiger partial charge in [-0.15, -0.1) is 0 Å². The summed E-state index contributed by atoms with van der Waals surface area (Å²) in [5.41, 5.74) is 5.15. The van der Waals surface area contributed by atoms with Crippen molar-refractivity contribution in [3.63, 3.8) is 0 Å². The molecule has 3 nitrogen and oxygen atoms in total. The molecule has 3 heteroatoms. The van der Waals surface area contributed by atoms with E-state index in [1.165, 1.54) is 67.7 Å². The molecule has 0 N–H and O–H groups in total. The van der Waals surface area contributed by atoms with Crippen LogP contribution in [-0.4, -0.2) is 27.5 Å². The fourth-order valence-electron chi connectivity index (χ4n) is 4.29. The molecule has 2 heterocycles. The van der Waals surface area contributed by atoms with Gasteiger partial charge in [-0.1, -0.05) is 63.1 Å². The number of rotatable bonds is 6. The number of aromatic nitrogens is 2. The van der Waals surface area contributed by atoms with Crippen molar-refractivity contribution in [1.82, 2.24) is 14.5 Å². The van der Waals surface area contributed by atoms with Gasteiger partial charge in [0, 0.05) is 6.54 Å². The van der Waals surface area contributed by atoms with Gasteiger partial charge in [0.1, 0.15) is 5.82 Å². The Morgan fingerprint density at radius 2 is 1.61 bits per heavy atom. The molecule has 148 valence electrons. The van der Waals surface area contributed by atoms with Crippen molar-refractivity contribution in [3.05, 3.63) is 65.5 Å². The summed E-state index contributed by atoms with van der Waals surface area (Å²) >= 11 is 0. The minimum atomic E-state index is 0.627. The molecule has 0 spiro atoms. The van der Waals surface area contributed by atoms with Gasteiger partial charge in [-0.25, -0.2) is 4.98 Å². The normalized spacial score (nSPS) is 16.9. The predicted octanol–water partition coefficient (Wildman–Crippen LogP) is 5.97. The van der Waals surface area contributed by atoms with Gasteiger partial charge in [0.05, 0.1) is 17.6 Å². The van der Waals surface area contributed by atoms with Gasteiger partial charge in [-0.2, -0.15) is 0 Å². The molecule has 0 saturated carbocycles. The molecule has 1 aliphatic heterocycles. The molecular weight excluding hydrogens is 342 g/mol. The number of nitrogens with zero attached hydrogens (tertiary/aromatic N) is 3. The van der Waals surface area contributed by atoms with Crippen LogP contribution in [0.1, 0.15) is 68.8 Å². The molecule has 28 heavy (non-hydrogen) atoms. The zero-order valence-electron chi connectivity index (χ0n) is 17.4. The second-order valence-electron chi connectivity index (χ2n) is 8.34. The Bertz CT molecular complexity index is 886. The predicted molar refractivity (Wildman–Crippen MR) is 118 cm³/mol. The lowest BCUT2D eigenvalue weighted by Crippen LogP contribution is -2.26. The van der Waals surface area contributed by atoms with Gasteiger partial charge in [-0.3, -0.25) is 4.90 Å². The molecule has 1 fully saturated rings. The lowest BCUT2D eigenvalue weighted by molar-refractivity contribution is 0.267. The molecule has 3 aromatic rings. The van der Waals surface area contributed by atoms with Crippen molar-refractivity contribution < 1.29 is 0 Å². The molecule has 0 bridgehead atoms. The Morgan fingerprint density at radius 3 is 2.32 bits per heavy atom. The number of benzene rings is 2. The van der Waals surface area contributed by atoms with Gasteiger partial charge in [-0.05, 0) is 61.5 Å². The van der Waals surface area contributed by atoms with E-state index in [0.717, 1.165) is 18.6 Å². The highest BCUT2D eigenvalue weighted by Crippen LogP contribution is 2.23. The lowest BCUT2D eigenvalue weighted by atomic mass is 9.98.